The lowest BCUT2D eigenvalue weighted by Crippen LogP contribution is -2.53. The summed E-state index contributed by atoms with van der Waals surface area (Å²) in [5.74, 6) is 0.932. The van der Waals surface area contributed by atoms with Gasteiger partial charge in [0.25, 0.3) is 0 Å². The highest BCUT2D eigenvalue weighted by Crippen LogP contribution is 2.34. The van der Waals surface area contributed by atoms with Crippen molar-refractivity contribution in [3.05, 3.63) is 24.4 Å². The number of carbonyl (C=O) groups excluding carboxylic acids is 1. The van der Waals surface area contributed by atoms with E-state index in [1.54, 1.807) is 0 Å². The van der Waals surface area contributed by atoms with Crippen LogP contribution < -0.4 is 10.6 Å². The number of nitrogens with zero attached hydrogens (tertiary/aromatic N) is 2. The molecule has 5 nitrogen and oxygen atoms in total. The minimum Gasteiger partial charge on any atom is -0.326 e. The first-order chi connectivity index (χ1) is 11.1. The summed E-state index contributed by atoms with van der Waals surface area (Å²) in [6.45, 7) is 5.30. The molecule has 5 heteroatoms. The molecule has 2 aliphatic heterocycles. The maximum absolute atomic E-state index is 12.6. The van der Waals surface area contributed by atoms with E-state index in [0.717, 1.165) is 36.0 Å². The Balaban J connectivity index is 1.52. The standard InChI is InChI=1S/C18H24N4O/c1-11(2)22-10-13-8-14(4-6-16(13)21-22)20-18(23)15-7-12-3-5-17(15)19-9-12/h4,6,8,10-12,15,17,19H,3,5,7,9H2,1-2H3,(H,20,23). The van der Waals surface area contributed by atoms with Crippen molar-refractivity contribution < 1.29 is 4.79 Å². The number of fused-ring (bicyclic) bond motifs is 4. The molecule has 0 spiro atoms. The molecule has 2 aromatic rings. The molecule has 2 N–H and O–H groups in total. The van der Waals surface area contributed by atoms with E-state index < -0.39 is 0 Å². The molecule has 1 aromatic carbocycles. The largest absolute Gasteiger partial charge is 0.326 e. The van der Waals surface area contributed by atoms with Gasteiger partial charge >= 0.3 is 0 Å². The van der Waals surface area contributed by atoms with Crippen LogP contribution in [0.25, 0.3) is 10.9 Å². The maximum Gasteiger partial charge on any atom is 0.229 e. The van der Waals surface area contributed by atoms with Gasteiger partial charge < -0.3 is 10.6 Å². The average molecular weight is 312 g/mol. The number of rotatable bonds is 3. The highest BCUT2D eigenvalue weighted by Gasteiger charge is 2.39. The van der Waals surface area contributed by atoms with Crippen LogP contribution in [0, 0.1) is 11.8 Å². The van der Waals surface area contributed by atoms with Crippen molar-refractivity contribution >= 4 is 22.5 Å². The first-order valence-corrected chi connectivity index (χ1v) is 8.63. The topological polar surface area (TPSA) is 59.0 Å². The Kier molecular flexibility index (Phi) is 3.60. The molecule has 3 unspecified atom stereocenters. The molecule has 3 fully saturated rings. The second-order valence-corrected chi connectivity index (χ2v) is 7.27. The van der Waals surface area contributed by atoms with E-state index in [1.165, 1.54) is 6.42 Å². The smallest absolute Gasteiger partial charge is 0.229 e. The monoisotopic (exact) mass is 312 g/mol. The van der Waals surface area contributed by atoms with Crippen LogP contribution in [0.4, 0.5) is 5.69 Å². The Bertz CT molecular complexity index is 728. The fourth-order valence-corrected chi connectivity index (χ4v) is 3.92. The number of hydrogen-bond acceptors (Lipinski definition) is 3. The Morgan fingerprint density at radius 1 is 1.39 bits per heavy atom. The van der Waals surface area contributed by atoms with Crippen molar-refractivity contribution in [2.24, 2.45) is 11.8 Å². The van der Waals surface area contributed by atoms with Gasteiger partial charge in [-0.15, -0.1) is 0 Å². The van der Waals surface area contributed by atoms with Gasteiger partial charge in [-0.3, -0.25) is 9.48 Å². The van der Waals surface area contributed by atoms with Crippen LogP contribution in [0.5, 0.6) is 0 Å². The molecule has 3 heterocycles. The average Bonchev–Trinajstić information content (AvgIpc) is 2.99. The van der Waals surface area contributed by atoms with Crippen LogP contribution >= 0.6 is 0 Å². The summed E-state index contributed by atoms with van der Waals surface area (Å²) in [7, 11) is 0. The van der Waals surface area contributed by atoms with Gasteiger partial charge in [-0.1, -0.05) is 0 Å². The number of aromatic nitrogens is 2. The summed E-state index contributed by atoms with van der Waals surface area (Å²) >= 11 is 0. The van der Waals surface area contributed by atoms with E-state index in [0.29, 0.717) is 18.0 Å². The van der Waals surface area contributed by atoms with Gasteiger partial charge in [0.05, 0.1) is 11.4 Å². The number of carbonyl (C=O) groups is 1. The molecule has 1 aliphatic carbocycles. The summed E-state index contributed by atoms with van der Waals surface area (Å²) in [6.07, 6.45) is 5.46. The van der Waals surface area contributed by atoms with E-state index in [4.69, 9.17) is 0 Å². The summed E-state index contributed by atoms with van der Waals surface area (Å²) < 4.78 is 1.96. The number of benzene rings is 1. The van der Waals surface area contributed by atoms with Crippen LogP contribution in [-0.4, -0.2) is 28.3 Å². The molecular weight excluding hydrogens is 288 g/mol. The number of anilines is 1. The fourth-order valence-electron chi connectivity index (χ4n) is 3.92. The van der Waals surface area contributed by atoms with Crippen LogP contribution in [0.1, 0.15) is 39.2 Å². The molecule has 3 atom stereocenters. The molecule has 122 valence electrons. The highest BCUT2D eigenvalue weighted by molar-refractivity contribution is 5.95. The van der Waals surface area contributed by atoms with Crippen LogP contribution in [0.2, 0.25) is 0 Å². The Morgan fingerprint density at radius 3 is 2.91 bits per heavy atom. The zero-order valence-electron chi connectivity index (χ0n) is 13.7. The van der Waals surface area contributed by atoms with Gasteiger partial charge in [0.2, 0.25) is 5.91 Å². The zero-order valence-corrected chi connectivity index (χ0v) is 13.7. The van der Waals surface area contributed by atoms with Crippen molar-refractivity contribution in [1.29, 1.82) is 0 Å². The van der Waals surface area contributed by atoms with Gasteiger partial charge in [-0.05, 0) is 63.8 Å². The minimum absolute atomic E-state index is 0.108. The lowest BCUT2D eigenvalue weighted by Gasteiger charge is -2.42. The molecule has 3 aliphatic rings. The first kappa shape index (κ1) is 14.7. The number of piperidine rings is 2. The SMILES string of the molecule is CC(C)n1cc2cc(NC(=O)C3CC4CCC3NC4)ccc2n1. The lowest BCUT2D eigenvalue weighted by molar-refractivity contribution is -0.123. The van der Waals surface area contributed by atoms with Crippen LogP contribution in [0.3, 0.4) is 0 Å². The van der Waals surface area contributed by atoms with Crippen LogP contribution in [0.15, 0.2) is 24.4 Å². The second-order valence-electron chi connectivity index (χ2n) is 7.27. The minimum atomic E-state index is 0.108. The Labute approximate surface area is 136 Å². The predicted molar refractivity (Wildman–Crippen MR) is 91.4 cm³/mol. The van der Waals surface area contributed by atoms with E-state index in [1.807, 2.05) is 29.1 Å². The van der Waals surface area contributed by atoms with Crippen LogP contribution in [-0.2, 0) is 4.79 Å². The van der Waals surface area contributed by atoms with Crippen molar-refractivity contribution in [3.8, 4) is 0 Å². The number of nitrogens with one attached hydrogen (secondary N) is 2. The highest BCUT2D eigenvalue weighted by atomic mass is 16.1. The molecule has 1 saturated carbocycles. The van der Waals surface area contributed by atoms with Gasteiger partial charge in [0.15, 0.2) is 0 Å². The number of hydrogen-bond donors (Lipinski definition) is 2. The van der Waals surface area contributed by atoms with Gasteiger partial charge in [0, 0.05) is 29.4 Å². The number of amides is 1. The van der Waals surface area contributed by atoms with Crippen molar-refractivity contribution in [3.63, 3.8) is 0 Å². The molecule has 1 amide bonds. The summed E-state index contributed by atoms with van der Waals surface area (Å²) in [6, 6.07) is 6.64. The maximum atomic E-state index is 12.6. The second kappa shape index (κ2) is 5.64. The summed E-state index contributed by atoms with van der Waals surface area (Å²) in [4.78, 5) is 12.6. The molecule has 23 heavy (non-hydrogen) atoms. The first-order valence-electron chi connectivity index (χ1n) is 8.63. The normalized spacial score (nSPS) is 26.8. The summed E-state index contributed by atoms with van der Waals surface area (Å²) in [5.41, 5.74) is 1.84. The molecule has 5 rings (SSSR count). The fraction of sp³-hybridized carbons (Fsp3) is 0.556. The van der Waals surface area contributed by atoms with Gasteiger partial charge in [0.1, 0.15) is 0 Å². The van der Waals surface area contributed by atoms with E-state index >= 15 is 0 Å². The van der Waals surface area contributed by atoms with E-state index in [9.17, 15) is 4.79 Å². The molecule has 1 aromatic heterocycles. The van der Waals surface area contributed by atoms with Crippen molar-refractivity contribution in [1.82, 2.24) is 15.1 Å². The Hall–Kier alpha value is -1.88. The third-order valence-electron chi connectivity index (χ3n) is 5.28. The molecule has 0 radical (unpaired) electrons. The Morgan fingerprint density at radius 2 is 2.26 bits per heavy atom. The van der Waals surface area contributed by atoms with Gasteiger partial charge in [-0.2, -0.15) is 5.10 Å². The quantitative estimate of drug-likeness (QED) is 0.916. The zero-order chi connectivity index (χ0) is 16.0. The van der Waals surface area contributed by atoms with Crippen molar-refractivity contribution in [2.75, 3.05) is 11.9 Å². The van der Waals surface area contributed by atoms with Crippen molar-refractivity contribution in [2.45, 2.75) is 45.2 Å². The molecular formula is C18H24N4O. The van der Waals surface area contributed by atoms with Gasteiger partial charge in [-0.25, -0.2) is 0 Å². The lowest BCUT2D eigenvalue weighted by atomic mass is 9.73. The van der Waals surface area contributed by atoms with E-state index in [-0.39, 0.29) is 11.8 Å². The summed E-state index contributed by atoms with van der Waals surface area (Å²) in [5, 5.41) is 12.2. The molecule has 2 bridgehead atoms. The molecule has 2 saturated heterocycles. The third kappa shape index (κ3) is 2.74. The predicted octanol–water partition coefficient (Wildman–Crippen LogP) is 2.94. The van der Waals surface area contributed by atoms with E-state index in [2.05, 4.69) is 29.6 Å². The third-order valence-corrected chi connectivity index (χ3v) is 5.28.